The summed E-state index contributed by atoms with van der Waals surface area (Å²) < 4.78 is 5.17. The molecule has 21 heavy (non-hydrogen) atoms. The van der Waals surface area contributed by atoms with Crippen LogP contribution < -0.4 is 5.32 Å². The summed E-state index contributed by atoms with van der Waals surface area (Å²) in [5.41, 5.74) is 0. The van der Waals surface area contributed by atoms with E-state index in [4.69, 9.17) is 4.74 Å². The Hall–Kier alpha value is -0.610. The summed E-state index contributed by atoms with van der Waals surface area (Å²) in [5, 5.41) is 3.45. The lowest BCUT2D eigenvalue weighted by molar-refractivity contribution is -0.149. The summed E-state index contributed by atoms with van der Waals surface area (Å²) in [5.74, 6) is 1.03. The fourth-order valence-corrected chi connectivity index (χ4v) is 3.87. The van der Waals surface area contributed by atoms with Gasteiger partial charge in [0.1, 0.15) is 0 Å². The van der Waals surface area contributed by atoms with Crippen molar-refractivity contribution in [1.29, 1.82) is 0 Å². The molecule has 2 aliphatic rings. The highest BCUT2D eigenvalue weighted by Gasteiger charge is 2.30. The molecular weight excluding hydrogens is 264 g/mol. The van der Waals surface area contributed by atoms with Gasteiger partial charge in [0.05, 0.1) is 12.5 Å². The largest absolute Gasteiger partial charge is 0.466 e. The second-order valence-electron chi connectivity index (χ2n) is 6.54. The molecule has 1 saturated heterocycles. The van der Waals surface area contributed by atoms with Crippen LogP contribution in [0.2, 0.25) is 0 Å². The molecule has 0 radical (unpaired) electrons. The number of nitrogens with zero attached hydrogens (tertiary/aromatic N) is 1. The van der Waals surface area contributed by atoms with Crippen LogP contribution in [-0.4, -0.2) is 49.7 Å². The molecule has 1 saturated carbocycles. The topological polar surface area (TPSA) is 41.6 Å². The summed E-state index contributed by atoms with van der Waals surface area (Å²) in [6.45, 7) is 9.41. The van der Waals surface area contributed by atoms with E-state index in [1.165, 1.54) is 32.5 Å². The Morgan fingerprint density at radius 3 is 2.33 bits per heavy atom. The van der Waals surface area contributed by atoms with Crippen LogP contribution in [0.4, 0.5) is 0 Å². The van der Waals surface area contributed by atoms with Crippen LogP contribution in [0.3, 0.4) is 0 Å². The van der Waals surface area contributed by atoms with Gasteiger partial charge in [-0.2, -0.15) is 0 Å². The molecule has 1 N–H and O–H groups in total. The van der Waals surface area contributed by atoms with Gasteiger partial charge >= 0.3 is 5.97 Å². The zero-order chi connectivity index (χ0) is 15.1. The van der Waals surface area contributed by atoms with Crippen LogP contribution in [0.25, 0.3) is 0 Å². The van der Waals surface area contributed by atoms with Gasteiger partial charge in [0.25, 0.3) is 0 Å². The van der Waals surface area contributed by atoms with Crippen LogP contribution in [-0.2, 0) is 9.53 Å². The number of hydrogen-bond acceptors (Lipinski definition) is 4. The Morgan fingerprint density at radius 1 is 1.10 bits per heavy atom. The smallest absolute Gasteiger partial charge is 0.308 e. The summed E-state index contributed by atoms with van der Waals surface area (Å²) in [6, 6.07) is 0.676. The van der Waals surface area contributed by atoms with E-state index < -0.39 is 0 Å². The van der Waals surface area contributed by atoms with Crippen LogP contribution in [0.1, 0.15) is 52.4 Å². The minimum atomic E-state index is 0.0253. The van der Waals surface area contributed by atoms with Gasteiger partial charge in [-0.1, -0.05) is 6.92 Å². The van der Waals surface area contributed by atoms with E-state index in [0.29, 0.717) is 12.6 Å². The van der Waals surface area contributed by atoms with Gasteiger partial charge in [-0.15, -0.1) is 0 Å². The average Bonchev–Trinajstić information content (AvgIpc) is 2.54. The Morgan fingerprint density at radius 2 is 1.76 bits per heavy atom. The molecule has 2 fully saturated rings. The van der Waals surface area contributed by atoms with Crippen molar-refractivity contribution in [1.82, 2.24) is 10.2 Å². The Kier molecular flexibility index (Phi) is 6.97. The van der Waals surface area contributed by atoms with Crippen molar-refractivity contribution in [3.05, 3.63) is 0 Å². The minimum Gasteiger partial charge on any atom is -0.466 e. The zero-order valence-electron chi connectivity index (χ0n) is 13.8. The Labute approximate surface area is 129 Å². The first kappa shape index (κ1) is 16.8. The number of nitrogens with one attached hydrogen (secondary N) is 1. The van der Waals surface area contributed by atoms with Gasteiger partial charge in [-0.3, -0.25) is 4.79 Å². The molecule has 2 rings (SSSR count). The molecule has 0 aromatic rings. The number of piperidine rings is 1. The SMILES string of the molecule is CCOC(=O)C1CCC(N(CC)CC2CCNCC2)CC1. The molecule has 1 heterocycles. The first-order valence-electron chi connectivity index (χ1n) is 8.86. The molecule has 4 heteroatoms. The Balaban J connectivity index is 1.77. The van der Waals surface area contributed by atoms with Crippen molar-refractivity contribution >= 4 is 5.97 Å². The van der Waals surface area contributed by atoms with E-state index in [-0.39, 0.29) is 11.9 Å². The lowest BCUT2D eigenvalue weighted by Gasteiger charge is -2.38. The summed E-state index contributed by atoms with van der Waals surface area (Å²) in [4.78, 5) is 14.5. The standard InChI is InChI=1S/C17H32N2O2/c1-3-19(13-14-9-11-18-12-10-14)16-7-5-15(6-8-16)17(20)21-4-2/h14-16,18H,3-13H2,1-2H3. The molecule has 0 atom stereocenters. The highest BCUT2D eigenvalue weighted by atomic mass is 16.5. The van der Waals surface area contributed by atoms with Gasteiger partial charge in [0.2, 0.25) is 0 Å². The molecule has 0 spiro atoms. The van der Waals surface area contributed by atoms with E-state index >= 15 is 0 Å². The van der Waals surface area contributed by atoms with Crippen LogP contribution in [0.5, 0.6) is 0 Å². The molecule has 122 valence electrons. The van der Waals surface area contributed by atoms with Crippen molar-refractivity contribution in [2.75, 3.05) is 32.8 Å². The first-order valence-corrected chi connectivity index (χ1v) is 8.86. The quantitative estimate of drug-likeness (QED) is 0.764. The molecule has 0 amide bonds. The molecular formula is C17H32N2O2. The molecule has 4 nitrogen and oxygen atoms in total. The highest BCUT2D eigenvalue weighted by molar-refractivity contribution is 5.72. The molecule has 0 bridgehead atoms. The summed E-state index contributed by atoms with van der Waals surface area (Å²) in [7, 11) is 0. The van der Waals surface area contributed by atoms with Crippen molar-refractivity contribution in [2.24, 2.45) is 11.8 Å². The molecule has 0 aromatic carbocycles. The number of rotatable bonds is 6. The molecule has 1 aliphatic carbocycles. The van der Waals surface area contributed by atoms with Gasteiger partial charge in [-0.25, -0.2) is 0 Å². The predicted molar refractivity (Wildman–Crippen MR) is 85.2 cm³/mol. The molecule has 0 aromatic heterocycles. The maximum absolute atomic E-state index is 11.8. The van der Waals surface area contributed by atoms with Crippen molar-refractivity contribution < 1.29 is 9.53 Å². The maximum atomic E-state index is 11.8. The number of esters is 1. The second kappa shape index (κ2) is 8.74. The van der Waals surface area contributed by atoms with Gasteiger partial charge in [-0.05, 0) is 71.0 Å². The zero-order valence-corrected chi connectivity index (χ0v) is 13.8. The maximum Gasteiger partial charge on any atom is 0.308 e. The summed E-state index contributed by atoms with van der Waals surface area (Å²) >= 11 is 0. The number of hydrogen-bond donors (Lipinski definition) is 1. The number of ether oxygens (including phenoxy) is 1. The van der Waals surface area contributed by atoms with Gasteiger partial charge < -0.3 is 15.0 Å². The fraction of sp³-hybridized carbons (Fsp3) is 0.941. The van der Waals surface area contributed by atoms with Crippen molar-refractivity contribution in [3.63, 3.8) is 0 Å². The van der Waals surface area contributed by atoms with E-state index in [0.717, 1.165) is 38.1 Å². The third-order valence-electron chi connectivity index (χ3n) is 5.19. The lowest BCUT2D eigenvalue weighted by atomic mass is 9.84. The Bertz CT molecular complexity index is 308. The number of carbonyl (C=O) groups is 1. The third kappa shape index (κ3) is 4.96. The monoisotopic (exact) mass is 296 g/mol. The normalized spacial score (nSPS) is 27.8. The van der Waals surface area contributed by atoms with Crippen molar-refractivity contribution in [2.45, 2.75) is 58.4 Å². The van der Waals surface area contributed by atoms with E-state index in [2.05, 4.69) is 17.1 Å². The fourth-order valence-electron chi connectivity index (χ4n) is 3.87. The lowest BCUT2D eigenvalue weighted by Crippen LogP contribution is -2.43. The van der Waals surface area contributed by atoms with Crippen LogP contribution in [0.15, 0.2) is 0 Å². The van der Waals surface area contributed by atoms with Crippen molar-refractivity contribution in [3.8, 4) is 0 Å². The third-order valence-corrected chi connectivity index (χ3v) is 5.19. The molecule has 0 unspecified atom stereocenters. The minimum absolute atomic E-state index is 0.0253. The van der Waals surface area contributed by atoms with E-state index in [9.17, 15) is 4.79 Å². The van der Waals surface area contributed by atoms with Crippen LogP contribution >= 0.6 is 0 Å². The van der Waals surface area contributed by atoms with Gasteiger partial charge in [0.15, 0.2) is 0 Å². The summed E-state index contributed by atoms with van der Waals surface area (Å²) in [6.07, 6.45) is 6.95. The molecule has 1 aliphatic heterocycles. The van der Waals surface area contributed by atoms with Gasteiger partial charge in [0, 0.05) is 12.6 Å². The van der Waals surface area contributed by atoms with E-state index in [1.54, 1.807) is 0 Å². The first-order chi connectivity index (χ1) is 10.2. The average molecular weight is 296 g/mol. The highest BCUT2D eigenvalue weighted by Crippen LogP contribution is 2.29. The van der Waals surface area contributed by atoms with E-state index in [1.807, 2.05) is 6.92 Å². The number of carbonyl (C=O) groups excluding carboxylic acids is 1. The van der Waals surface area contributed by atoms with Crippen LogP contribution in [0, 0.1) is 11.8 Å². The second-order valence-corrected chi connectivity index (χ2v) is 6.54. The predicted octanol–water partition coefficient (Wildman–Crippen LogP) is 2.43.